The zero-order valence-electron chi connectivity index (χ0n) is 7.51. The molecule has 1 unspecified atom stereocenters. The highest BCUT2D eigenvalue weighted by atomic mass is 35.5. The van der Waals surface area contributed by atoms with Crippen molar-refractivity contribution >= 4 is 11.6 Å². The number of aromatic nitrogens is 2. The van der Waals surface area contributed by atoms with E-state index in [2.05, 4.69) is 5.10 Å². The Hall–Kier alpha value is -1.26. The molecule has 5 heteroatoms. The molecular formula is C9H9ClN2O2. The topological polar surface area (TPSA) is 51.2 Å². The summed E-state index contributed by atoms with van der Waals surface area (Å²) in [5, 5.41) is 14.0. The van der Waals surface area contributed by atoms with Gasteiger partial charge in [-0.1, -0.05) is 0 Å². The third-order valence-electron chi connectivity index (χ3n) is 1.90. The average Bonchev–Trinajstić information content (AvgIpc) is 2.73. The zero-order valence-corrected chi connectivity index (χ0v) is 8.27. The molecule has 0 spiro atoms. The van der Waals surface area contributed by atoms with E-state index in [-0.39, 0.29) is 5.22 Å². The molecule has 1 N–H and O–H groups in total. The van der Waals surface area contributed by atoms with E-state index in [0.717, 1.165) is 0 Å². The Balaban J connectivity index is 2.28. The summed E-state index contributed by atoms with van der Waals surface area (Å²) in [5.41, 5.74) is 0.679. The second-order valence-corrected chi connectivity index (χ2v) is 3.36. The summed E-state index contributed by atoms with van der Waals surface area (Å²) in [6.07, 6.45) is 2.50. The van der Waals surface area contributed by atoms with Crippen LogP contribution in [-0.2, 0) is 7.05 Å². The highest BCUT2D eigenvalue weighted by molar-refractivity contribution is 6.28. The Morgan fingerprint density at radius 1 is 1.57 bits per heavy atom. The molecule has 2 heterocycles. The number of furan rings is 1. The van der Waals surface area contributed by atoms with Gasteiger partial charge < -0.3 is 9.52 Å². The van der Waals surface area contributed by atoms with Crippen molar-refractivity contribution in [1.29, 1.82) is 0 Å². The third-order valence-corrected chi connectivity index (χ3v) is 2.11. The van der Waals surface area contributed by atoms with Gasteiger partial charge in [0.15, 0.2) is 5.22 Å². The molecule has 4 nitrogen and oxygen atoms in total. The minimum Gasteiger partial charge on any atom is -0.447 e. The Morgan fingerprint density at radius 2 is 2.36 bits per heavy atom. The van der Waals surface area contributed by atoms with Gasteiger partial charge in [0.05, 0.1) is 6.20 Å². The molecule has 2 aromatic rings. The van der Waals surface area contributed by atoms with Gasteiger partial charge in [-0.25, -0.2) is 0 Å². The fraction of sp³-hybridized carbons (Fsp3) is 0.222. The summed E-state index contributed by atoms with van der Waals surface area (Å²) in [6.45, 7) is 0. The van der Waals surface area contributed by atoms with Crippen molar-refractivity contribution in [3.05, 3.63) is 41.1 Å². The van der Waals surface area contributed by atoms with Gasteiger partial charge in [-0.15, -0.1) is 0 Å². The second-order valence-electron chi connectivity index (χ2n) is 2.99. The van der Waals surface area contributed by atoms with Crippen molar-refractivity contribution in [3.63, 3.8) is 0 Å². The van der Waals surface area contributed by atoms with Gasteiger partial charge in [-0.3, -0.25) is 4.68 Å². The van der Waals surface area contributed by atoms with Crippen molar-refractivity contribution in [1.82, 2.24) is 9.78 Å². The third kappa shape index (κ3) is 1.66. The lowest BCUT2D eigenvalue weighted by Gasteiger charge is -2.03. The summed E-state index contributed by atoms with van der Waals surface area (Å²) in [4.78, 5) is 0. The number of aliphatic hydroxyl groups excluding tert-OH is 1. The SMILES string of the molecule is Cn1cc(C(O)c2ccc(Cl)o2)cn1. The maximum Gasteiger partial charge on any atom is 0.193 e. The Morgan fingerprint density at radius 3 is 2.86 bits per heavy atom. The van der Waals surface area contributed by atoms with Crippen LogP contribution in [0.15, 0.2) is 28.9 Å². The van der Waals surface area contributed by atoms with E-state index in [1.54, 1.807) is 36.3 Å². The summed E-state index contributed by atoms with van der Waals surface area (Å²) in [7, 11) is 1.78. The van der Waals surface area contributed by atoms with Crippen LogP contribution in [0.5, 0.6) is 0 Å². The van der Waals surface area contributed by atoms with Crippen molar-refractivity contribution in [2.75, 3.05) is 0 Å². The molecule has 0 saturated heterocycles. The molecule has 2 aromatic heterocycles. The standard InChI is InChI=1S/C9H9ClN2O2/c1-12-5-6(4-11-12)9(13)7-2-3-8(10)14-7/h2-5,9,13H,1H3. The van der Waals surface area contributed by atoms with Crippen LogP contribution in [0.25, 0.3) is 0 Å². The largest absolute Gasteiger partial charge is 0.447 e. The van der Waals surface area contributed by atoms with Gasteiger partial charge in [0.25, 0.3) is 0 Å². The lowest BCUT2D eigenvalue weighted by atomic mass is 10.1. The number of rotatable bonds is 2. The van der Waals surface area contributed by atoms with E-state index in [1.165, 1.54) is 0 Å². The van der Waals surface area contributed by atoms with Crippen molar-refractivity contribution in [2.45, 2.75) is 6.10 Å². The maximum atomic E-state index is 9.81. The molecule has 0 aliphatic carbocycles. The molecule has 0 aliphatic heterocycles. The predicted octanol–water partition coefficient (Wildman–Crippen LogP) is 1.75. The molecule has 0 amide bonds. The molecule has 0 radical (unpaired) electrons. The van der Waals surface area contributed by atoms with E-state index < -0.39 is 6.10 Å². The van der Waals surface area contributed by atoms with Gasteiger partial charge in [0, 0.05) is 18.8 Å². The van der Waals surface area contributed by atoms with Gasteiger partial charge in [0.2, 0.25) is 0 Å². The van der Waals surface area contributed by atoms with E-state index >= 15 is 0 Å². The first-order chi connectivity index (χ1) is 6.66. The first-order valence-electron chi connectivity index (χ1n) is 4.08. The Kier molecular flexibility index (Phi) is 2.31. The fourth-order valence-electron chi connectivity index (χ4n) is 1.22. The molecular weight excluding hydrogens is 204 g/mol. The zero-order chi connectivity index (χ0) is 10.1. The van der Waals surface area contributed by atoms with E-state index in [1.807, 2.05) is 0 Å². The van der Waals surface area contributed by atoms with Crippen LogP contribution in [0.4, 0.5) is 0 Å². The van der Waals surface area contributed by atoms with Gasteiger partial charge in [-0.2, -0.15) is 5.10 Å². The Bertz CT molecular complexity index is 395. The van der Waals surface area contributed by atoms with Crippen LogP contribution in [0.2, 0.25) is 5.22 Å². The smallest absolute Gasteiger partial charge is 0.193 e. The van der Waals surface area contributed by atoms with E-state index in [0.29, 0.717) is 11.3 Å². The molecule has 0 saturated carbocycles. The van der Waals surface area contributed by atoms with E-state index in [4.69, 9.17) is 16.0 Å². The first-order valence-corrected chi connectivity index (χ1v) is 4.46. The van der Waals surface area contributed by atoms with Crippen LogP contribution in [-0.4, -0.2) is 14.9 Å². The number of hydrogen-bond acceptors (Lipinski definition) is 3. The average molecular weight is 213 g/mol. The van der Waals surface area contributed by atoms with Crippen LogP contribution in [0.3, 0.4) is 0 Å². The van der Waals surface area contributed by atoms with Crippen molar-refractivity contribution in [3.8, 4) is 0 Å². The molecule has 0 fully saturated rings. The molecule has 0 bridgehead atoms. The summed E-state index contributed by atoms with van der Waals surface area (Å²) < 4.78 is 6.70. The molecule has 74 valence electrons. The van der Waals surface area contributed by atoms with Crippen molar-refractivity contribution in [2.24, 2.45) is 7.05 Å². The van der Waals surface area contributed by atoms with Crippen LogP contribution >= 0.6 is 11.6 Å². The number of aliphatic hydroxyl groups is 1. The number of nitrogens with zero attached hydrogens (tertiary/aromatic N) is 2. The van der Waals surface area contributed by atoms with Crippen molar-refractivity contribution < 1.29 is 9.52 Å². The number of halogens is 1. The Labute approximate surface area is 85.7 Å². The van der Waals surface area contributed by atoms with Crippen LogP contribution in [0, 0.1) is 0 Å². The van der Waals surface area contributed by atoms with Gasteiger partial charge >= 0.3 is 0 Å². The minimum absolute atomic E-state index is 0.267. The van der Waals surface area contributed by atoms with Crippen LogP contribution in [0.1, 0.15) is 17.4 Å². The monoisotopic (exact) mass is 212 g/mol. The fourth-order valence-corrected chi connectivity index (χ4v) is 1.37. The van der Waals surface area contributed by atoms with Crippen LogP contribution < -0.4 is 0 Å². The number of hydrogen-bond donors (Lipinski definition) is 1. The lowest BCUT2D eigenvalue weighted by Crippen LogP contribution is -1.96. The lowest BCUT2D eigenvalue weighted by molar-refractivity contribution is 0.189. The quantitative estimate of drug-likeness (QED) is 0.825. The second kappa shape index (κ2) is 3.48. The normalized spacial score (nSPS) is 13.1. The summed E-state index contributed by atoms with van der Waals surface area (Å²) in [5.74, 6) is 0.419. The van der Waals surface area contributed by atoms with E-state index in [9.17, 15) is 5.11 Å². The molecule has 1 atom stereocenters. The highest BCUT2D eigenvalue weighted by Gasteiger charge is 2.15. The molecule has 0 aromatic carbocycles. The minimum atomic E-state index is -0.809. The number of aryl methyl sites for hydroxylation is 1. The first kappa shape index (κ1) is 9.30. The maximum absolute atomic E-state index is 9.81. The molecule has 14 heavy (non-hydrogen) atoms. The summed E-state index contributed by atoms with van der Waals surface area (Å²) >= 11 is 5.60. The highest BCUT2D eigenvalue weighted by Crippen LogP contribution is 2.24. The summed E-state index contributed by atoms with van der Waals surface area (Å²) in [6, 6.07) is 3.23. The van der Waals surface area contributed by atoms with Gasteiger partial charge in [-0.05, 0) is 23.7 Å². The predicted molar refractivity (Wildman–Crippen MR) is 51.0 cm³/mol. The molecule has 2 rings (SSSR count). The van der Waals surface area contributed by atoms with Gasteiger partial charge in [0.1, 0.15) is 11.9 Å². The molecule has 0 aliphatic rings.